The minimum atomic E-state index is -1.33. The standard InChI is InChI=1S/C31H35Br2FN4O2/c1-4-40-27-19-24(34)13-14-26(27)31(30(39)38-17-15-25(16-18-38)37(2)3)35-28(20-5-9-22(32)10-6-20)29(36-31)21-7-11-23(33)12-8-21/h5-14,19,25,28-29,35-36H,4,15-18H2,1-3H3. The number of nitrogens with zero attached hydrogens (tertiary/aromatic N) is 2. The first-order chi connectivity index (χ1) is 19.2. The molecule has 0 radical (unpaired) electrons. The number of likely N-dealkylation sites (tertiary alicyclic amines) is 1. The highest BCUT2D eigenvalue weighted by atomic mass is 79.9. The Bertz CT molecular complexity index is 1270. The van der Waals surface area contributed by atoms with E-state index in [1.807, 2.05) is 36.1 Å². The van der Waals surface area contributed by atoms with E-state index in [9.17, 15) is 9.18 Å². The lowest BCUT2D eigenvalue weighted by atomic mass is 9.94. The molecule has 0 aliphatic carbocycles. The van der Waals surface area contributed by atoms with E-state index in [-0.39, 0.29) is 18.0 Å². The van der Waals surface area contributed by atoms with Gasteiger partial charge in [-0.25, -0.2) is 4.39 Å². The predicted octanol–water partition coefficient (Wildman–Crippen LogP) is 6.13. The molecule has 5 rings (SSSR count). The van der Waals surface area contributed by atoms with E-state index in [1.165, 1.54) is 12.1 Å². The quantitative estimate of drug-likeness (QED) is 0.316. The summed E-state index contributed by atoms with van der Waals surface area (Å²) < 4.78 is 22.4. The number of nitrogens with one attached hydrogen (secondary N) is 2. The summed E-state index contributed by atoms with van der Waals surface area (Å²) in [6, 6.07) is 20.6. The van der Waals surface area contributed by atoms with E-state index in [1.54, 1.807) is 6.07 Å². The Hall–Kier alpha value is -2.30. The number of rotatable bonds is 7. The summed E-state index contributed by atoms with van der Waals surface area (Å²) in [5.74, 6) is -0.141. The Kier molecular flexibility index (Phi) is 8.97. The van der Waals surface area contributed by atoms with Crippen molar-refractivity contribution in [3.63, 3.8) is 0 Å². The van der Waals surface area contributed by atoms with E-state index in [4.69, 9.17) is 4.74 Å². The molecule has 2 saturated heterocycles. The van der Waals surface area contributed by atoms with Gasteiger partial charge in [0.05, 0.1) is 18.7 Å². The maximum atomic E-state index is 14.7. The first kappa shape index (κ1) is 29.2. The molecule has 0 spiro atoms. The molecule has 3 aromatic rings. The molecule has 2 fully saturated rings. The topological polar surface area (TPSA) is 56.8 Å². The van der Waals surface area contributed by atoms with Gasteiger partial charge in [-0.15, -0.1) is 0 Å². The van der Waals surface area contributed by atoms with Crippen LogP contribution in [-0.2, 0) is 10.5 Å². The van der Waals surface area contributed by atoms with Crippen LogP contribution >= 0.6 is 31.9 Å². The number of carbonyl (C=O) groups is 1. The second-order valence-corrected chi connectivity index (χ2v) is 12.5. The number of halogens is 3. The molecule has 6 nitrogen and oxygen atoms in total. The largest absolute Gasteiger partial charge is 0.493 e. The first-order valence-electron chi connectivity index (χ1n) is 13.7. The van der Waals surface area contributed by atoms with Gasteiger partial charge < -0.3 is 14.5 Å². The van der Waals surface area contributed by atoms with Crippen molar-refractivity contribution in [2.24, 2.45) is 0 Å². The van der Waals surface area contributed by atoms with Crippen molar-refractivity contribution in [3.05, 3.63) is 98.2 Å². The molecule has 2 heterocycles. The van der Waals surface area contributed by atoms with E-state index < -0.39 is 11.5 Å². The van der Waals surface area contributed by atoms with E-state index in [0.717, 1.165) is 32.9 Å². The van der Waals surface area contributed by atoms with E-state index in [2.05, 4.69) is 85.8 Å². The van der Waals surface area contributed by atoms with Gasteiger partial charge in [0, 0.05) is 39.7 Å². The highest BCUT2D eigenvalue weighted by Crippen LogP contribution is 2.45. The van der Waals surface area contributed by atoms with Crippen molar-refractivity contribution >= 4 is 37.8 Å². The van der Waals surface area contributed by atoms with Gasteiger partial charge in [-0.3, -0.25) is 15.4 Å². The summed E-state index contributed by atoms with van der Waals surface area (Å²) in [6.07, 6.45) is 1.78. The minimum absolute atomic E-state index is 0.0843. The fourth-order valence-electron chi connectivity index (χ4n) is 5.86. The van der Waals surface area contributed by atoms with Gasteiger partial charge in [0.1, 0.15) is 11.6 Å². The zero-order chi connectivity index (χ0) is 28.4. The van der Waals surface area contributed by atoms with Gasteiger partial charge in [0.25, 0.3) is 5.91 Å². The lowest BCUT2D eigenvalue weighted by Crippen LogP contribution is -2.60. The zero-order valence-electron chi connectivity index (χ0n) is 23.0. The Morgan fingerprint density at radius 3 is 1.95 bits per heavy atom. The summed E-state index contributed by atoms with van der Waals surface area (Å²) >= 11 is 7.09. The summed E-state index contributed by atoms with van der Waals surface area (Å²) in [7, 11) is 4.17. The van der Waals surface area contributed by atoms with Crippen LogP contribution in [-0.4, -0.2) is 55.5 Å². The van der Waals surface area contributed by atoms with Crippen LogP contribution in [0.25, 0.3) is 0 Å². The number of benzene rings is 3. The molecule has 0 saturated carbocycles. The molecule has 0 aromatic heterocycles. The van der Waals surface area contributed by atoms with Gasteiger partial charge in [-0.1, -0.05) is 56.1 Å². The van der Waals surface area contributed by atoms with Gasteiger partial charge in [0.15, 0.2) is 5.66 Å². The van der Waals surface area contributed by atoms with Crippen LogP contribution in [0.5, 0.6) is 5.75 Å². The number of carbonyl (C=O) groups excluding carboxylic acids is 1. The van der Waals surface area contributed by atoms with Crippen LogP contribution in [0.2, 0.25) is 0 Å². The smallest absolute Gasteiger partial charge is 0.262 e. The van der Waals surface area contributed by atoms with Gasteiger partial charge in [0.2, 0.25) is 0 Å². The van der Waals surface area contributed by atoms with Gasteiger partial charge >= 0.3 is 0 Å². The third-order valence-electron chi connectivity index (χ3n) is 7.99. The molecule has 3 aromatic carbocycles. The molecule has 2 unspecified atom stereocenters. The Morgan fingerprint density at radius 1 is 0.950 bits per heavy atom. The van der Waals surface area contributed by atoms with Crippen molar-refractivity contribution in [1.82, 2.24) is 20.4 Å². The molecular formula is C31H35Br2FN4O2. The molecule has 0 bridgehead atoms. The number of hydrogen-bond donors (Lipinski definition) is 2. The average molecular weight is 674 g/mol. The molecule has 212 valence electrons. The van der Waals surface area contributed by atoms with Crippen LogP contribution in [0.3, 0.4) is 0 Å². The maximum Gasteiger partial charge on any atom is 0.262 e. The predicted molar refractivity (Wildman–Crippen MR) is 163 cm³/mol. The first-order valence-corrected chi connectivity index (χ1v) is 15.3. The van der Waals surface area contributed by atoms with Crippen molar-refractivity contribution in [2.75, 3.05) is 33.8 Å². The second kappa shape index (κ2) is 12.3. The molecule has 2 aliphatic rings. The zero-order valence-corrected chi connectivity index (χ0v) is 26.1. The average Bonchev–Trinajstić information content (AvgIpc) is 3.35. The SMILES string of the molecule is CCOc1cc(F)ccc1C1(C(=O)N2CCC(N(C)C)CC2)NC(c2ccc(Br)cc2)C(c2ccc(Br)cc2)N1. The van der Waals surface area contributed by atoms with Crippen molar-refractivity contribution in [3.8, 4) is 5.75 Å². The fraction of sp³-hybridized carbons (Fsp3) is 0.387. The van der Waals surface area contributed by atoms with E-state index >= 15 is 0 Å². The molecule has 2 N–H and O–H groups in total. The lowest BCUT2D eigenvalue weighted by molar-refractivity contribution is -0.141. The fourth-order valence-corrected chi connectivity index (χ4v) is 6.39. The summed E-state index contributed by atoms with van der Waals surface area (Å²) in [6.45, 7) is 3.49. The molecular weight excluding hydrogens is 639 g/mol. The Balaban J connectivity index is 1.63. The van der Waals surface area contributed by atoms with Crippen LogP contribution < -0.4 is 15.4 Å². The second-order valence-electron chi connectivity index (χ2n) is 10.7. The normalized spacial score (nSPS) is 23.5. The highest BCUT2D eigenvalue weighted by molar-refractivity contribution is 9.10. The monoisotopic (exact) mass is 672 g/mol. The Labute approximate surface area is 252 Å². The number of ether oxygens (including phenoxy) is 1. The van der Waals surface area contributed by atoms with Gasteiger partial charge in [-0.05, 0) is 81.4 Å². The number of piperidine rings is 1. The van der Waals surface area contributed by atoms with Crippen LogP contribution in [0.1, 0.15) is 48.5 Å². The van der Waals surface area contributed by atoms with Crippen molar-refractivity contribution in [2.45, 2.75) is 43.6 Å². The third kappa shape index (κ3) is 5.85. The number of hydrogen-bond acceptors (Lipinski definition) is 5. The summed E-state index contributed by atoms with van der Waals surface area (Å²) in [4.78, 5) is 18.9. The molecule has 40 heavy (non-hydrogen) atoms. The van der Waals surface area contributed by atoms with Crippen LogP contribution in [0.15, 0.2) is 75.7 Å². The molecule has 1 amide bonds. The van der Waals surface area contributed by atoms with E-state index in [0.29, 0.717) is 37.1 Å². The highest BCUT2D eigenvalue weighted by Gasteiger charge is 2.54. The minimum Gasteiger partial charge on any atom is -0.493 e. The maximum absolute atomic E-state index is 14.7. The lowest BCUT2D eigenvalue weighted by Gasteiger charge is -2.40. The summed E-state index contributed by atoms with van der Waals surface area (Å²) in [5.41, 5.74) is 1.31. The van der Waals surface area contributed by atoms with Crippen molar-refractivity contribution < 1.29 is 13.9 Å². The van der Waals surface area contributed by atoms with Gasteiger partial charge in [-0.2, -0.15) is 0 Å². The van der Waals surface area contributed by atoms with Crippen LogP contribution in [0.4, 0.5) is 4.39 Å². The third-order valence-corrected chi connectivity index (χ3v) is 9.04. The summed E-state index contributed by atoms with van der Waals surface area (Å²) in [5, 5.41) is 7.45. The number of amides is 1. The van der Waals surface area contributed by atoms with Crippen LogP contribution in [0, 0.1) is 5.82 Å². The Morgan fingerprint density at radius 2 is 1.48 bits per heavy atom. The molecule has 2 aliphatic heterocycles. The molecule has 2 atom stereocenters. The molecule has 9 heteroatoms. The van der Waals surface area contributed by atoms with Crippen molar-refractivity contribution in [1.29, 1.82) is 0 Å².